The molecule has 0 radical (unpaired) electrons. The van der Waals surface area contributed by atoms with Crippen LogP contribution in [0.5, 0.6) is 0 Å². The predicted octanol–water partition coefficient (Wildman–Crippen LogP) is 14.6. The molecule has 1 unspecified atom stereocenters. The summed E-state index contributed by atoms with van der Waals surface area (Å²) in [6.45, 7) is 2.28. The molecule has 262 valence electrons. The zero-order chi connectivity index (χ0) is 36.7. The molecule has 0 aliphatic heterocycles. The lowest BCUT2D eigenvalue weighted by Crippen LogP contribution is -2.17. The first kappa shape index (κ1) is 32.7. The van der Waals surface area contributed by atoms with E-state index in [-0.39, 0.29) is 0 Å². The van der Waals surface area contributed by atoms with Crippen LogP contribution in [0.4, 0.5) is 11.4 Å². The fourth-order valence-electron chi connectivity index (χ4n) is 8.45. The van der Waals surface area contributed by atoms with E-state index in [9.17, 15) is 0 Å². The first-order chi connectivity index (χ1) is 27.2. The molecule has 0 saturated heterocycles. The number of aromatic nitrogens is 1. The van der Waals surface area contributed by atoms with Gasteiger partial charge in [-0.3, -0.25) is 0 Å². The quantitative estimate of drug-likeness (QED) is 0.160. The van der Waals surface area contributed by atoms with E-state index in [0.29, 0.717) is 5.92 Å². The number of hydrogen-bond donors (Lipinski definition) is 0. The van der Waals surface area contributed by atoms with Gasteiger partial charge < -0.3 is 9.47 Å². The maximum Gasteiger partial charge on any atom is 0.0541 e. The molecule has 1 atom stereocenters. The van der Waals surface area contributed by atoms with E-state index in [1.165, 1.54) is 77.3 Å². The minimum atomic E-state index is 0.513. The molecule has 0 N–H and O–H groups in total. The molecule has 0 fully saturated rings. The van der Waals surface area contributed by atoms with E-state index in [4.69, 9.17) is 0 Å². The average molecular weight is 705 g/mol. The van der Waals surface area contributed by atoms with Crippen LogP contribution < -0.4 is 4.90 Å². The normalized spacial score (nSPS) is 14.1. The Morgan fingerprint density at radius 1 is 0.491 bits per heavy atom. The van der Waals surface area contributed by atoms with E-state index in [1.807, 2.05) is 0 Å². The van der Waals surface area contributed by atoms with Crippen molar-refractivity contribution >= 4 is 44.0 Å². The maximum absolute atomic E-state index is 2.38. The molecule has 55 heavy (non-hydrogen) atoms. The second kappa shape index (κ2) is 13.8. The van der Waals surface area contributed by atoms with Crippen LogP contribution in [0.25, 0.3) is 71.6 Å². The van der Waals surface area contributed by atoms with Crippen molar-refractivity contribution < 1.29 is 0 Å². The largest absolute Gasteiger partial charge is 0.311 e. The van der Waals surface area contributed by atoms with Gasteiger partial charge in [0, 0.05) is 33.5 Å². The molecule has 0 spiro atoms. The molecule has 0 saturated carbocycles. The van der Waals surface area contributed by atoms with E-state index in [0.717, 1.165) is 17.8 Å². The molecule has 8 aromatic carbocycles. The van der Waals surface area contributed by atoms with Crippen molar-refractivity contribution in [3.05, 3.63) is 212 Å². The molecular formula is C53H40N2. The highest BCUT2D eigenvalue weighted by molar-refractivity contribution is 6.12. The fourth-order valence-corrected chi connectivity index (χ4v) is 8.45. The Labute approximate surface area is 322 Å². The topological polar surface area (TPSA) is 8.17 Å². The SMILES string of the molecule is CC1C=C(N(c2ccccc2)c2ccc(-c3ccc(-c4cccc5cccc(-c6ccc7c(c6)c6ccccc6n7-c6ccccc6)c45)cc3)cc2)C=CC1. The lowest BCUT2D eigenvalue weighted by atomic mass is 9.90. The van der Waals surface area contributed by atoms with Crippen LogP contribution in [0.2, 0.25) is 0 Å². The number of fused-ring (bicyclic) bond motifs is 4. The molecule has 1 aromatic heterocycles. The zero-order valence-electron chi connectivity index (χ0n) is 30.8. The first-order valence-corrected chi connectivity index (χ1v) is 19.2. The zero-order valence-corrected chi connectivity index (χ0v) is 30.8. The molecule has 10 rings (SSSR count). The highest BCUT2D eigenvalue weighted by Crippen LogP contribution is 2.41. The summed E-state index contributed by atoms with van der Waals surface area (Å²) in [6.07, 6.45) is 8.00. The van der Waals surface area contributed by atoms with Gasteiger partial charge in [0.2, 0.25) is 0 Å². The Kier molecular flexibility index (Phi) is 8.22. The third kappa shape index (κ3) is 5.93. The van der Waals surface area contributed by atoms with Gasteiger partial charge in [0.05, 0.1) is 11.0 Å². The average Bonchev–Trinajstić information content (AvgIpc) is 3.58. The lowest BCUT2D eigenvalue weighted by Gasteiger charge is -2.29. The van der Waals surface area contributed by atoms with Crippen LogP contribution in [-0.4, -0.2) is 4.57 Å². The summed E-state index contributed by atoms with van der Waals surface area (Å²) in [7, 11) is 0. The molecule has 2 heteroatoms. The van der Waals surface area contributed by atoms with Crippen LogP contribution >= 0.6 is 0 Å². The van der Waals surface area contributed by atoms with Crippen molar-refractivity contribution in [1.29, 1.82) is 0 Å². The van der Waals surface area contributed by atoms with Gasteiger partial charge in [-0.25, -0.2) is 0 Å². The smallest absolute Gasteiger partial charge is 0.0541 e. The molecule has 1 heterocycles. The monoisotopic (exact) mass is 704 g/mol. The lowest BCUT2D eigenvalue weighted by molar-refractivity contribution is 0.726. The van der Waals surface area contributed by atoms with Crippen molar-refractivity contribution in [2.24, 2.45) is 5.92 Å². The first-order valence-electron chi connectivity index (χ1n) is 19.2. The Balaban J connectivity index is 1.01. The number of hydrogen-bond acceptors (Lipinski definition) is 1. The van der Waals surface area contributed by atoms with Gasteiger partial charge in [0.15, 0.2) is 0 Å². The van der Waals surface area contributed by atoms with Crippen molar-refractivity contribution in [3.8, 4) is 39.1 Å². The van der Waals surface area contributed by atoms with E-state index >= 15 is 0 Å². The number of allylic oxidation sites excluding steroid dienone is 3. The summed E-state index contributed by atoms with van der Waals surface area (Å²) >= 11 is 0. The number of rotatable bonds is 7. The van der Waals surface area contributed by atoms with Gasteiger partial charge in [0.1, 0.15) is 0 Å². The van der Waals surface area contributed by atoms with Crippen LogP contribution in [-0.2, 0) is 0 Å². The summed E-state index contributed by atoms with van der Waals surface area (Å²) in [5, 5.41) is 5.03. The summed E-state index contributed by atoms with van der Waals surface area (Å²) < 4.78 is 2.38. The Morgan fingerprint density at radius 2 is 1.07 bits per heavy atom. The third-order valence-corrected chi connectivity index (χ3v) is 11.1. The van der Waals surface area contributed by atoms with Crippen molar-refractivity contribution in [2.75, 3.05) is 4.90 Å². The van der Waals surface area contributed by atoms with Crippen molar-refractivity contribution in [3.63, 3.8) is 0 Å². The van der Waals surface area contributed by atoms with Gasteiger partial charge in [-0.1, -0.05) is 153 Å². The predicted molar refractivity (Wildman–Crippen MR) is 234 cm³/mol. The molecule has 0 amide bonds. The van der Waals surface area contributed by atoms with E-state index in [2.05, 4.69) is 223 Å². The van der Waals surface area contributed by atoms with Crippen molar-refractivity contribution in [2.45, 2.75) is 13.3 Å². The summed E-state index contributed by atoms with van der Waals surface area (Å²) in [5.41, 5.74) is 14.5. The Hall–Kier alpha value is -6.90. The molecular weight excluding hydrogens is 665 g/mol. The van der Waals surface area contributed by atoms with Crippen LogP contribution in [0.3, 0.4) is 0 Å². The Bertz CT molecular complexity index is 2870. The molecule has 2 nitrogen and oxygen atoms in total. The van der Waals surface area contributed by atoms with Gasteiger partial charge in [-0.15, -0.1) is 0 Å². The van der Waals surface area contributed by atoms with Gasteiger partial charge >= 0.3 is 0 Å². The molecule has 1 aliphatic carbocycles. The summed E-state index contributed by atoms with van der Waals surface area (Å²) in [5.74, 6) is 0.513. The van der Waals surface area contributed by atoms with Gasteiger partial charge in [-0.2, -0.15) is 0 Å². The number of para-hydroxylation sites is 3. The van der Waals surface area contributed by atoms with Crippen LogP contribution in [0.15, 0.2) is 212 Å². The molecule has 0 bridgehead atoms. The number of anilines is 2. The van der Waals surface area contributed by atoms with Gasteiger partial charge in [-0.05, 0) is 117 Å². The highest BCUT2D eigenvalue weighted by atomic mass is 15.1. The second-order valence-electron chi connectivity index (χ2n) is 14.6. The third-order valence-electron chi connectivity index (χ3n) is 11.1. The van der Waals surface area contributed by atoms with E-state index < -0.39 is 0 Å². The van der Waals surface area contributed by atoms with Crippen LogP contribution in [0, 0.1) is 5.92 Å². The van der Waals surface area contributed by atoms with Gasteiger partial charge in [0.25, 0.3) is 0 Å². The van der Waals surface area contributed by atoms with Crippen molar-refractivity contribution in [1.82, 2.24) is 4.57 Å². The maximum atomic E-state index is 2.38. The summed E-state index contributed by atoms with van der Waals surface area (Å²) in [6, 6.07) is 68.5. The number of nitrogens with zero attached hydrogens (tertiary/aromatic N) is 2. The minimum absolute atomic E-state index is 0.513. The summed E-state index contributed by atoms with van der Waals surface area (Å²) in [4.78, 5) is 2.36. The highest BCUT2D eigenvalue weighted by Gasteiger charge is 2.18. The standard InChI is InChI=1S/C53H40N2/c1-37-13-10-20-46(35-37)54(43-16-4-2-5-17-43)45-32-29-39(30-33-45)38-25-27-40(28-26-38)47-22-11-14-41-15-12-23-48(53(41)47)42-31-34-52-50(36-42)49-21-8-9-24-51(49)55(52)44-18-6-3-7-19-44/h2-12,14-37H,13H2,1H3. The molecule has 9 aromatic rings. The minimum Gasteiger partial charge on any atom is -0.311 e. The molecule has 1 aliphatic rings. The second-order valence-corrected chi connectivity index (χ2v) is 14.6. The fraction of sp³-hybridized carbons (Fsp3) is 0.0566. The van der Waals surface area contributed by atoms with E-state index in [1.54, 1.807) is 0 Å². The number of benzene rings is 8. The van der Waals surface area contributed by atoms with Crippen LogP contribution in [0.1, 0.15) is 13.3 Å². The Morgan fingerprint density at radius 3 is 1.80 bits per heavy atom.